The number of aliphatic hydroxyl groups excluding tert-OH is 1. The molecule has 0 saturated heterocycles. The number of aliphatic hydroxyl groups is 1. The van der Waals surface area contributed by atoms with Crippen LogP contribution in [0, 0.1) is 0 Å². The predicted octanol–water partition coefficient (Wildman–Crippen LogP) is 2.33. The third-order valence-electron chi connectivity index (χ3n) is 2.49. The fourth-order valence-corrected chi connectivity index (χ4v) is 2.67. The summed E-state index contributed by atoms with van der Waals surface area (Å²) in [6.45, 7) is 4.48. The molecule has 0 radical (unpaired) electrons. The van der Waals surface area contributed by atoms with Gasteiger partial charge in [0.15, 0.2) is 0 Å². The van der Waals surface area contributed by atoms with E-state index in [0.29, 0.717) is 5.25 Å². The van der Waals surface area contributed by atoms with Crippen LogP contribution in [0.4, 0.5) is 5.82 Å². The second kappa shape index (κ2) is 7.50. The van der Waals surface area contributed by atoms with Crippen LogP contribution >= 0.6 is 11.8 Å². The van der Waals surface area contributed by atoms with E-state index in [9.17, 15) is 0 Å². The molecule has 0 aliphatic rings. The minimum atomic E-state index is 0.223. The summed E-state index contributed by atoms with van der Waals surface area (Å²) in [6, 6.07) is 0. The molecular weight excluding hydrogens is 234 g/mol. The van der Waals surface area contributed by atoms with Crippen molar-refractivity contribution in [1.29, 1.82) is 0 Å². The van der Waals surface area contributed by atoms with Crippen molar-refractivity contribution < 1.29 is 5.11 Å². The molecule has 96 valence electrons. The van der Waals surface area contributed by atoms with Gasteiger partial charge in [-0.3, -0.25) is 0 Å². The van der Waals surface area contributed by atoms with Crippen molar-refractivity contribution in [3.63, 3.8) is 0 Å². The molecule has 0 aliphatic carbocycles. The Balaban J connectivity index is 2.89. The molecule has 1 unspecified atom stereocenters. The summed E-state index contributed by atoms with van der Waals surface area (Å²) >= 11 is 1.71. The molecule has 0 aliphatic heterocycles. The van der Waals surface area contributed by atoms with E-state index in [-0.39, 0.29) is 6.61 Å². The summed E-state index contributed by atoms with van der Waals surface area (Å²) in [7, 11) is 1.88. The van der Waals surface area contributed by atoms with Gasteiger partial charge in [0.25, 0.3) is 0 Å². The lowest BCUT2D eigenvalue weighted by Crippen LogP contribution is -2.05. The zero-order valence-electron chi connectivity index (χ0n) is 10.7. The van der Waals surface area contributed by atoms with E-state index in [4.69, 9.17) is 5.11 Å². The molecule has 0 bridgehead atoms. The molecule has 0 spiro atoms. The van der Waals surface area contributed by atoms with E-state index in [1.54, 1.807) is 18.1 Å². The molecular formula is C12H21N3OS. The van der Waals surface area contributed by atoms with E-state index in [0.717, 1.165) is 30.1 Å². The molecule has 5 heteroatoms. The van der Waals surface area contributed by atoms with Crippen molar-refractivity contribution >= 4 is 17.6 Å². The van der Waals surface area contributed by atoms with Gasteiger partial charge in [0, 0.05) is 24.5 Å². The van der Waals surface area contributed by atoms with Gasteiger partial charge >= 0.3 is 0 Å². The maximum atomic E-state index is 8.93. The van der Waals surface area contributed by atoms with Gasteiger partial charge in [-0.2, -0.15) is 0 Å². The van der Waals surface area contributed by atoms with Crippen LogP contribution in [-0.2, 0) is 6.42 Å². The zero-order valence-corrected chi connectivity index (χ0v) is 11.5. The van der Waals surface area contributed by atoms with Crippen LogP contribution in [0.25, 0.3) is 0 Å². The molecule has 17 heavy (non-hydrogen) atoms. The first kappa shape index (κ1) is 14.3. The highest BCUT2D eigenvalue weighted by Crippen LogP contribution is 2.30. The molecule has 1 rings (SSSR count). The Morgan fingerprint density at radius 1 is 1.47 bits per heavy atom. The van der Waals surface area contributed by atoms with Crippen LogP contribution < -0.4 is 5.32 Å². The molecule has 0 fully saturated rings. The fraction of sp³-hybridized carbons (Fsp3) is 0.667. The quantitative estimate of drug-likeness (QED) is 0.578. The minimum Gasteiger partial charge on any atom is -0.396 e. The fourth-order valence-electron chi connectivity index (χ4n) is 1.62. The summed E-state index contributed by atoms with van der Waals surface area (Å²) < 4.78 is 0. The minimum absolute atomic E-state index is 0.223. The molecule has 1 aromatic rings. The first-order valence-corrected chi connectivity index (χ1v) is 6.90. The monoisotopic (exact) mass is 255 g/mol. The average Bonchev–Trinajstić information content (AvgIpc) is 2.32. The smallest absolute Gasteiger partial charge is 0.133 e. The Bertz CT molecular complexity index is 347. The first-order chi connectivity index (χ1) is 8.22. The van der Waals surface area contributed by atoms with Gasteiger partial charge in [-0.1, -0.05) is 20.3 Å². The number of hydrogen-bond acceptors (Lipinski definition) is 5. The summed E-state index contributed by atoms with van der Waals surface area (Å²) in [4.78, 5) is 8.60. The lowest BCUT2D eigenvalue weighted by Gasteiger charge is -2.14. The molecule has 4 nitrogen and oxygen atoms in total. The Labute approximate surface area is 107 Å². The zero-order chi connectivity index (χ0) is 12.7. The number of rotatable bonds is 7. The van der Waals surface area contributed by atoms with Crippen LogP contribution in [-0.4, -0.2) is 34.0 Å². The largest absolute Gasteiger partial charge is 0.396 e. The molecule has 0 amide bonds. The molecule has 0 aromatic carbocycles. The van der Waals surface area contributed by atoms with E-state index < -0.39 is 0 Å². The normalized spacial score (nSPS) is 12.5. The Hall–Kier alpha value is -0.810. The number of anilines is 1. The second-order valence-electron chi connectivity index (χ2n) is 3.95. The summed E-state index contributed by atoms with van der Waals surface area (Å²) in [5, 5.41) is 13.4. The van der Waals surface area contributed by atoms with Gasteiger partial charge in [0.2, 0.25) is 0 Å². The van der Waals surface area contributed by atoms with E-state index in [1.807, 2.05) is 7.05 Å². The Morgan fingerprint density at radius 3 is 2.82 bits per heavy atom. The average molecular weight is 255 g/mol. The van der Waals surface area contributed by atoms with Gasteiger partial charge < -0.3 is 10.4 Å². The molecule has 1 atom stereocenters. The lowest BCUT2D eigenvalue weighted by molar-refractivity contribution is 0.289. The number of thioether (sulfide) groups is 1. The maximum Gasteiger partial charge on any atom is 0.133 e. The summed E-state index contributed by atoms with van der Waals surface area (Å²) in [6.07, 6.45) is 4.43. The maximum absolute atomic E-state index is 8.93. The second-order valence-corrected chi connectivity index (χ2v) is 5.37. The number of hydrogen-bond donors (Lipinski definition) is 2. The highest BCUT2D eigenvalue weighted by molar-refractivity contribution is 7.99. The van der Waals surface area contributed by atoms with Crippen molar-refractivity contribution in [2.45, 2.75) is 43.4 Å². The van der Waals surface area contributed by atoms with Crippen molar-refractivity contribution in [2.75, 3.05) is 19.0 Å². The predicted molar refractivity (Wildman–Crippen MR) is 72.6 cm³/mol. The van der Waals surface area contributed by atoms with Crippen LogP contribution in [0.15, 0.2) is 11.4 Å². The third kappa shape index (κ3) is 4.16. The Kier molecular flexibility index (Phi) is 6.29. The van der Waals surface area contributed by atoms with Crippen LogP contribution in [0.3, 0.4) is 0 Å². The number of aromatic nitrogens is 2. The van der Waals surface area contributed by atoms with Crippen LogP contribution in [0.1, 0.15) is 32.3 Å². The van der Waals surface area contributed by atoms with E-state index in [2.05, 4.69) is 29.1 Å². The van der Waals surface area contributed by atoms with Crippen LogP contribution in [0.5, 0.6) is 0 Å². The number of nitrogens with zero attached hydrogens (tertiary/aromatic N) is 2. The lowest BCUT2D eigenvalue weighted by atomic mass is 10.2. The third-order valence-corrected chi connectivity index (χ3v) is 3.70. The van der Waals surface area contributed by atoms with Crippen molar-refractivity contribution in [3.8, 4) is 0 Å². The summed E-state index contributed by atoms with van der Waals surface area (Å²) in [5.74, 6) is 0.917. The summed E-state index contributed by atoms with van der Waals surface area (Å²) in [5.41, 5.74) is 1.19. The standard InChI is InChI=1S/C12H21N3OS/c1-4-5-10-11(13-3)14-8-15-12(10)17-9(2)6-7-16/h8-9,16H,4-7H2,1-3H3,(H,13,14,15). The van der Waals surface area contributed by atoms with Gasteiger partial charge in [0.1, 0.15) is 17.2 Å². The van der Waals surface area contributed by atoms with Gasteiger partial charge in [-0.05, 0) is 12.8 Å². The first-order valence-electron chi connectivity index (χ1n) is 6.02. The number of nitrogens with one attached hydrogen (secondary N) is 1. The molecule has 2 N–H and O–H groups in total. The molecule has 1 heterocycles. The van der Waals surface area contributed by atoms with E-state index in [1.165, 1.54) is 5.56 Å². The van der Waals surface area contributed by atoms with Gasteiger partial charge in [-0.25, -0.2) is 9.97 Å². The van der Waals surface area contributed by atoms with Crippen molar-refractivity contribution in [1.82, 2.24) is 9.97 Å². The van der Waals surface area contributed by atoms with Gasteiger partial charge in [0.05, 0.1) is 0 Å². The Morgan fingerprint density at radius 2 is 2.24 bits per heavy atom. The topological polar surface area (TPSA) is 58.0 Å². The SMILES string of the molecule is CCCc1c(NC)ncnc1SC(C)CCO. The van der Waals surface area contributed by atoms with Gasteiger partial charge in [-0.15, -0.1) is 11.8 Å². The van der Waals surface area contributed by atoms with Crippen molar-refractivity contribution in [3.05, 3.63) is 11.9 Å². The highest BCUT2D eigenvalue weighted by Gasteiger charge is 2.13. The highest BCUT2D eigenvalue weighted by atomic mass is 32.2. The molecule has 0 saturated carbocycles. The van der Waals surface area contributed by atoms with Crippen molar-refractivity contribution in [2.24, 2.45) is 0 Å². The van der Waals surface area contributed by atoms with Crippen LogP contribution in [0.2, 0.25) is 0 Å². The van der Waals surface area contributed by atoms with E-state index >= 15 is 0 Å². The molecule has 1 aromatic heterocycles.